The van der Waals surface area contributed by atoms with E-state index < -0.39 is 0 Å². The Morgan fingerprint density at radius 2 is 1.71 bits per heavy atom. The average molecular weight is 285 g/mol. The van der Waals surface area contributed by atoms with E-state index >= 15 is 0 Å². The molecule has 0 saturated carbocycles. The van der Waals surface area contributed by atoms with Gasteiger partial charge in [-0.1, -0.05) is 36.4 Å². The summed E-state index contributed by atoms with van der Waals surface area (Å²) in [4.78, 5) is 11.7. The first kappa shape index (κ1) is 14.9. The molecular weight excluding hydrogens is 266 g/mol. The van der Waals surface area contributed by atoms with Gasteiger partial charge >= 0.3 is 0 Å². The first-order valence-electron chi connectivity index (χ1n) is 6.71. The van der Waals surface area contributed by atoms with Gasteiger partial charge in [-0.2, -0.15) is 0 Å². The second-order valence-corrected chi connectivity index (χ2v) is 4.55. The van der Waals surface area contributed by atoms with Gasteiger partial charge in [0.25, 0.3) is 0 Å². The van der Waals surface area contributed by atoms with E-state index in [0.717, 1.165) is 16.7 Å². The van der Waals surface area contributed by atoms with Crippen molar-refractivity contribution in [1.82, 2.24) is 5.32 Å². The summed E-state index contributed by atoms with van der Waals surface area (Å²) in [7, 11) is 4.86. The minimum absolute atomic E-state index is 0.0238. The molecule has 0 aliphatic rings. The van der Waals surface area contributed by atoms with Gasteiger partial charge in [0.1, 0.15) is 0 Å². The molecule has 1 amide bonds. The molecule has 110 valence electrons. The number of rotatable bonds is 5. The number of carbonyl (C=O) groups excluding carboxylic acids is 1. The molecule has 0 aromatic heterocycles. The zero-order valence-corrected chi connectivity index (χ0v) is 12.5. The Bertz CT molecular complexity index is 638. The summed E-state index contributed by atoms with van der Waals surface area (Å²) in [5.74, 6) is 1.32. The van der Waals surface area contributed by atoms with Crippen LogP contribution in [0.3, 0.4) is 0 Å². The summed E-state index contributed by atoms with van der Waals surface area (Å²) in [6.07, 6.45) is 0.326. The Hall–Kier alpha value is -2.49. The van der Waals surface area contributed by atoms with Crippen molar-refractivity contribution in [2.75, 3.05) is 21.3 Å². The third-order valence-electron chi connectivity index (χ3n) is 3.34. The third-order valence-corrected chi connectivity index (χ3v) is 3.34. The first-order valence-corrected chi connectivity index (χ1v) is 6.71. The van der Waals surface area contributed by atoms with Gasteiger partial charge in [0.05, 0.1) is 20.6 Å². The molecule has 0 radical (unpaired) electrons. The first-order chi connectivity index (χ1) is 10.2. The zero-order chi connectivity index (χ0) is 15.2. The van der Waals surface area contributed by atoms with Crippen LogP contribution in [0.4, 0.5) is 0 Å². The fourth-order valence-electron chi connectivity index (χ4n) is 2.30. The van der Waals surface area contributed by atoms with Crippen LogP contribution < -0.4 is 14.8 Å². The monoisotopic (exact) mass is 285 g/mol. The van der Waals surface area contributed by atoms with Crippen LogP contribution in [0.2, 0.25) is 0 Å². The predicted octanol–water partition coefficient (Wildman–Crippen LogP) is 2.66. The highest BCUT2D eigenvalue weighted by atomic mass is 16.5. The summed E-state index contributed by atoms with van der Waals surface area (Å²) in [5.41, 5.74) is 2.83. The van der Waals surface area contributed by atoms with Crippen molar-refractivity contribution in [2.24, 2.45) is 0 Å². The molecule has 0 unspecified atom stereocenters. The van der Waals surface area contributed by atoms with E-state index in [2.05, 4.69) is 5.32 Å². The summed E-state index contributed by atoms with van der Waals surface area (Å²) < 4.78 is 10.8. The van der Waals surface area contributed by atoms with Crippen molar-refractivity contribution >= 4 is 5.91 Å². The SMILES string of the molecule is CNC(=O)Cc1ccccc1-c1cccc(OC)c1OC. The molecule has 0 atom stereocenters. The zero-order valence-electron chi connectivity index (χ0n) is 12.5. The molecule has 0 aliphatic carbocycles. The number of methoxy groups -OCH3 is 2. The summed E-state index contributed by atoms with van der Waals surface area (Å²) in [6, 6.07) is 13.5. The van der Waals surface area contributed by atoms with Gasteiger partial charge in [-0.15, -0.1) is 0 Å². The minimum Gasteiger partial charge on any atom is -0.493 e. The highest BCUT2D eigenvalue weighted by Gasteiger charge is 2.15. The Labute approximate surface area is 124 Å². The molecule has 4 nitrogen and oxygen atoms in total. The molecule has 1 N–H and O–H groups in total. The lowest BCUT2D eigenvalue weighted by Gasteiger charge is -2.15. The van der Waals surface area contributed by atoms with Gasteiger partial charge in [0, 0.05) is 12.6 Å². The third kappa shape index (κ3) is 3.16. The molecule has 2 aromatic rings. The Balaban J connectivity index is 2.54. The van der Waals surface area contributed by atoms with Crippen LogP contribution in [0.5, 0.6) is 11.5 Å². The Morgan fingerprint density at radius 1 is 1.00 bits per heavy atom. The summed E-state index contributed by atoms with van der Waals surface area (Å²) >= 11 is 0. The smallest absolute Gasteiger partial charge is 0.224 e. The second-order valence-electron chi connectivity index (χ2n) is 4.55. The van der Waals surface area contributed by atoms with Gasteiger partial charge in [-0.3, -0.25) is 4.79 Å². The van der Waals surface area contributed by atoms with Crippen molar-refractivity contribution in [3.05, 3.63) is 48.0 Å². The highest BCUT2D eigenvalue weighted by Crippen LogP contribution is 2.39. The van der Waals surface area contributed by atoms with Crippen molar-refractivity contribution in [2.45, 2.75) is 6.42 Å². The van der Waals surface area contributed by atoms with Crippen LogP contribution in [0.25, 0.3) is 11.1 Å². The van der Waals surface area contributed by atoms with E-state index in [1.807, 2.05) is 42.5 Å². The van der Waals surface area contributed by atoms with Crippen LogP contribution in [-0.2, 0) is 11.2 Å². The topological polar surface area (TPSA) is 47.6 Å². The largest absolute Gasteiger partial charge is 0.493 e. The van der Waals surface area contributed by atoms with Crippen molar-refractivity contribution in [3.63, 3.8) is 0 Å². The number of para-hydroxylation sites is 1. The van der Waals surface area contributed by atoms with E-state index in [4.69, 9.17) is 9.47 Å². The lowest BCUT2D eigenvalue weighted by atomic mass is 9.96. The molecular formula is C17H19NO3. The molecule has 21 heavy (non-hydrogen) atoms. The Morgan fingerprint density at radius 3 is 2.38 bits per heavy atom. The molecule has 0 aliphatic heterocycles. The van der Waals surface area contributed by atoms with E-state index in [9.17, 15) is 4.79 Å². The van der Waals surface area contributed by atoms with E-state index in [1.165, 1.54) is 0 Å². The number of ether oxygens (including phenoxy) is 2. The molecule has 0 saturated heterocycles. The van der Waals surface area contributed by atoms with E-state index in [0.29, 0.717) is 17.9 Å². The highest BCUT2D eigenvalue weighted by molar-refractivity contribution is 5.83. The number of nitrogens with one attached hydrogen (secondary N) is 1. The van der Waals surface area contributed by atoms with Gasteiger partial charge < -0.3 is 14.8 Å². The minimum atomic E-state index is -0.0238. The van der Waals surface area contributed by atoms with Gasteiger partial charge in [-0.25, -0.2) is 0 Å². The van der Waals surface area contributed by atoms with Gasteiger partial charge in [0.2, 0.25) is 5.91 Å². The maximum Gasteiger partial charge on any atom is 0.224 e. The van der Waals surface area contributed by atoms with E-state index in [-0.39, 0.29) is 5.91 Å². The number of amides is 1. The quantitative estimate of drug-likeness (QED) is 0.918. The normalized spacial score (nSPS) is 10.0. The standard InChI is InChI=1S/C17H19NO3/c1-18-16(19)11-12-7-4-5-8-13(12)14-9-6-10-15(20-2)17(14)21-3/h4-10H,11H2,1-3H3,(H,18,19). The molecule has 0 heterocycles. The lowest BCUT2D eigenvalue weighted by molar-refractivity contribution is -0.119. The molecule has 0 spiro atoms. The van der Waals surface area contributed by atoms with Crippen LogP contribution in [0.1, 0.15) is 5.56 Å². The molecule has 0 bridgehead atoms. The molecule has 4 heteroatoms. The number of likely N-dealkylation sites (N-methyl/N-ethyl adjacent to an activating group) is 1. The molecule has 2 rings (SSSR count). The maximum atomic E-state index is 11.7. The number of hydrogen-bond acceptors (Lipinski definition) is 3. The van der Waals surface area contributed by atoms with Crippen molar-refractivity contribution in [1.29, 1.82) is 0 Å². The number of hydrogen-bond donors (Lipinski definition) is 1. The van der Waals surface area contributed by atoms with Crippen LogP contribution in [0.15, 0.2) is 42.5 Å². The molecule has 2 aromatic carbocycles. The van der Waals surface area contributed by atoms with Crippen LogP contribution >= 0.6 is 0 Å². The van der Waals surface area contributed by atoms with Gasteiger partial charge in [-0.05, 0) is 17.2 Å². The van der Waals surface area contributed by atoms with Crippen molar-refractivity contribution in [3.8, 4) is 22.6 Å². The van der Waals surface area contributed by atoms with Gasteiger partial charge in [0.15, 0.2) is 11.5 Å². The second kappa shape index (κ2) is 6.79. The average Bonchev–Trinajstić information content (AvgIpc) is 2.54. The van der Waals surface area contributed by atoms with Crippen LogP contribution in [0, 0.1) is 0 Å². The predicted molar refractivity (Wildman–Crippen MR) is 82.8 cm³/mol. The van der Waals surface area contributed by atoms with Crippen molar-refractivity contribution < 1.29 is 14.3 Å². The fourth-order valence-corrected chi connectivity index (χ4v) is 2.30. The van der Waals surface area contributed by atoms with Crippen LogP contribution in [-0.4, -0.2) is 27.2 Å². The Kier molecular flexibility index (Phi) is 4.82. The maximum absolute atomic E-state index is 11.7. The fraction of sp³-hybridized carbons (Fsp3) is 0.235. The lowest BCUT2D eigenvalue weighted by Crippen LogP contribution is -2.20. The number of benzene rings is 2. The summed E-state index contributed by atoms with van der Waals surface area (Å²) in [5, 5.41) is 2.65. The van der Waals surface area contributed by atoms with E-state index in [1.54, 1.807) is 21.3 Å². The molecule has 0 fully saturated rings. The number of carbonyl (C=O) groups is 1. The summed E-state index contributed by atoms with van der Waals surface area (Å²) in [6.45, 7) is 0.